The van der Waals surface area contributed by atoms with Crippen LogP contribution in [0.15, 0.2) is 0 Å². The van der Waals surface area contributed by atoms with Gasteiger partial charge >= 0.3 is 5.97 Å². The lowest BCUT2D eigenvalue weighted by molar-refractivity contribution is -0.152. The monoisotopic (exact) mass is 247 g/mol. The van der Waals surface area contributed by atoms with Gasteiger partial charge in [-0.25, -0.2) is 4.79 Å². The molecule has 17 heavy (non-hydrogen) atoms. The first-order valence-corrected chi connectivity index (χ1v) is 5.94. The minimum Gasteiger partial charge on any atom is -0.468 e. The second kappa shape index (κ2) is 8.44. The largest absolute Gasteiger partial charge is 0.468 e. The smallest absolute Gasteiger partial charge is 0.328 e. The van der Waals surface area contributed by atoms with E-state index < -0.39 is 5.54 Å². The molecule has 0 aliphatic carbocycles. The van der Waals surface area contributed by atoms with Crippen LogP contribution in [0.2, 0.25) is 0 Å². The van der Waals surface area contributed by atoms with Crippen molar-refractivity contribution in [3.63, 3.8) is 0 Å². The lowest BCUT2D eigenvalue weighted by Crippen LogP contribution is -2.54. The number of carbonyl (C=O) groups excluding carboxylic acids is 1. The number of carbonyl (C=O) groups is 1. The van der Waals surface area contributed by atoms with E-state index in [9.17, 15) is 4.79 Å². The van der Waals surface area contributed by atoms with Crippen LogP contribution >= 0.6 is 0 Å². The Balaban J connectivity index is 4.32. The van der Waals surface area contributed by atoms with Crippen molar-refractivity contribution < 1.29 is 19.0 Å². The Labute approximate surface area is 104 Å². The third-order valence-electron chi connectivity index (χ3n) is 2.46. The van der Waals surface area contributed by atoms with Gasteiger partial charge in [-0.05, 0) is 26.8 Å². The molecule has 5 heteroatoms. The predicted octanol–water partition coefficient (Wildman–Crippen LogP) is 0.969. The Morgan fingerprint density at radius 3 is 2.53 bits per heavy atom. The number of rotatable bonds is 9. The van der Waals surface area contributed by atoms with Crippen molar-refractivity contribution in [2.75, 3.05) is 34.0 Å². The van der Waals surface area contributed by atoms with E-state index in [0.29, 0.717) is 6.61 Å². The predicted molar refractivity (Wildman–Crippen MR) is 66.0 cm³/mol. The van der Waals surface area contributed by atoms with Crippen molar-refractivity contribution in [2.45, 2.75) is 38.8 Å². The van der Waals surface area contributed by atoms with Crippen molar-refractivity contribution in [2.24, 2.45) is 0 Å². The van der Waals surface area contributed by atoms with Crippen molar-refractivity contribution in [1.29, 1.82) is 0 Å². The van der Waals surface area contributed by atoms with Gasteiger partial charge in [-0.3, -0.25) is 0 Å². The highest BCUT2D eigenvalue weighted by atomic mass is 16.5. The zero-order valence-corrected chi connectivity index (χ0v) is 11.5. The molecule has 0 aliphatic heterocycles. The maximum atomic E-state index is 11.7. The molecule has 5 nitrogen and oxygen atoms in total. The molecule has 0 rings (SSSR count). The summed E-state index contributed by atoms with van der Waals surface area (Å²) in [5, 5.41) is 3.15. The van der Waals surface area contributed by atoms with Crippen molar-refractivity contribution in [3.8, 4) is 0 Å². The van der Waals surface area contributed by atoms with Gasteiger partial charge < -0.3 is 19.5 Å². The van der Waals surface area contributed by atoms with Crippen LogP contribution in [-0.4, -0.2) is 51.6 Å². The van der Waals surface area contributed by atoms with Gasteiger partial charge in [0.1, 0.15) is 5.54 Å². The summed E-state index contributed by atoms with van der Waals surface area (Å²) in [7, 11) is 3.00. The Kier molecular flexibility index (Phi) is 8.12. The van der Waals surface area contributed by atoms with Crippen LogP contribution in [0.1, 0.15) is 27.2 Å². The van der Waals surface area contributed by atoms with Gasteiger partial charge in [-0.15, -0.1) is 0 Å². The van der Waals surface area contributed by atoms with Gasteiger partial charge in [0.2, 0.25) is 0 Å². The quantitative estimate of drug-likeness (QED) is 0.615. The minimum atomic E-state index is -0.799. The first kappa shape index (κ1) is 16.4. The third-order valence-corrected chi connectivity index (χ3v) is 2.46. The average molecular weight is 247 g/mol. The van der Waals surface area contributed by atoms with Gasteiger partial charge in [0, 0.05) is 7.11 Å². The van der Waals surface area contributed by atoms with E-state index in [1.807, 2.05) is 13.8 Å². The number of ether oxygens (including phenoxy) is 3. The van der Waals surface area contributed by atoms with Crippen molar-refractivity contribution in [3.05, 3.63) is 0 Å². The Bertz CT molecular complexity index is 223. The zero-order chi connectivity index (χ0) is 13.3. The molecule has 0 radical (unpaired) electrons. The van der Waals surface area contributed by atoms with E-state index in [2.05, 4.69) is 5.32 Å². The molecule has 0 bridgehead atoms. The summed E-state index contributed by atoms with van der Waals surface area (Å²) in [4.78, 5) is 11.7. The first-order valence-electron chi connectivity index (χ1n) is 5.94. The number of hydrogen-bond donors (Lipinski definition) is 1. The van der Waals surface area contributed by atoms with Crippen LogP contribution in [0.25, 0.3) is 0 Å². The molecule has 0 aliphatic rings. The van der Waals surface area contributed by atoms with Crippen LogP contribution in [-0.2, 0) is 19.0 Å². The number of methoxy groups -OCH3 is 2. The second-order valence-electron chi connectivity index (χ2n) is 4.33. The lowest BCUT2D eigenvalue weighted by atomic mass is 10.0. The van der Waals surface area contributed by atoms with E-state index in [4.69, 9.17) is 14.2 Å². The summed E-state index contributed by atoms with van der Waals surface area (Å²) in [6, 6.07) is 0. The highest BCUT2D eigenvalue weighted by Gasteiger charge is 2.34. The summed E-state index contributed by atoms with van der Waals surface area (Å²) in [5.74, 6) is -0.310. The SMILES string of the molecule is CCCNC(C)(COC(C)COC)C(=O)OC. The summed E-state index contributed by atoms with van der Waals surface area (Å²) < 4.78 is 15.3. The molecule has 1 N–H and O–H groups in total. The maximum absolute atomic E-state index is 11.7. The highest BCUT2D eigenvalue weighted by Crippen LogP contribution is 2.09. The topological polar surface area (TPSA) is 56.8 Å². The van der Waals surface area contributed by atoms with E-state index in [-0.39, 0.29) is 18.7 Å². The summed E-state index contributed by atoms with van der Waals surface area (Å²) in [6.07, 6.45) is 0.896. The molecule has 0 saturated heterocycles. The standard InChI is InChI=1S/C12H25NO4/c1-6-7-13-12(3,11(14)16-5)9-17-10(2)8-15-4/h10,13H,6-9H2,1-5H3. The minimum absolute atomic E-state index is 0.0487. The van der Waals surface area contributed by atoms with Gasteiger partial charge in [0.25, 0.3) is 0 Å². The maximum Gasteiger partial charge on any atom is 0.328 e. The molecule has 2 atom stereocenters. The summed E-state index contributed by atoms with van der Waals surface area (Å²) in [6.45, 7) is 7.25. The van der Waals surface area contributed by atoms with Crippen molar-refractivity contribution in [1.82, 2.24) is 5.32 Å². The third kappa shape index (κ3) is 6.00. The summed E-state index contributed by atoms with van der Waals surface area (Å²) in [5.41, 5.74) is -0.799. The van der Waals surface area contributed by atoms with E-state index in [1.165, 1.54) is 7.11 Å². The molecule has 0 aromatic heterocycles. The van der Waals surface area contributed by atoms with E-state index in [1.54, 1.807) is 14.0 Å². The Morgan fingerprint density at radius 2 is 2.06 bits per heavy atom. The molecule has 0 fully saturated rings. The number of hydrogen-bond acceptors (Lipinski definition) is 5. The van der Waals surface area contributed by atoms with Crippen LogP contribution in [0.5, 0.6) is 0 Å². The van der Waals surface area contributed by atoms with Crippen molar-refractivity contribution >= 4 is 5.97 Å². The Morgan fingerprint density at radius 1 is 1.41 bits per heavy atom. The van der Waals surface area contributed by atoms with Gasteiger partial charge in [-0.1, -0.05) is 6.92 Å². The molecule has 0 spiro atoms. The first-order chi connectivity index (χ1) is 8.00. The fraction of sp³-hybridized carbons (Fsp3) is 0.917. The highest BCUT2D eigenvalue weighted by molar-refractivity contribution is 5.80. The average Bonchev–Trinajstić information content (AvgIpc) is 2.33. The fourth-order valence-corrected chi connectivity index (χ4v) is 1.40. The Hall–Kier alpha value is -0.650. The van der Waals surface area contributed by atoms with Gasteiger partial charge in [-0.2, -0.15) is 0 Å². The van der Waals surface area contributed by atoms with E-state index >= 15 is 0 Å². The van der Waals surface area contributed by atoms with Crippen LogP contribution in [0.3, 0.4) is 0 Å². The normalized spacial score (nSPS) is 16.3. The molecule has 0 aromatic rings. The van der Waals surface area contributed by atoms with Crippen LogP contribution < -0.4 is 5.32 Å². The summed E-state index contributed by atoms with van der Waals surface area (Å²) >= 11 is 0. The van der Waals surface area contributed by atoms with Crippen LogP contribution in [0.4, 0.5) is 0 Å². The number of esters is 1. The van der Waals surface area contributed by atoms with Gasteiger partial charge in [0.15, 0.2) is 0 Å². The molecule has 0 amide bonds. The zero-order valence-electron chi connectivity index (χ0n) is 11.5. The molecule has 0 aromatic carbocycles. The second-order valence-corrected chi connectivity index (χ2v) is 4.33. The lowest BCUT2D eigenvalue weighted by Gasteiger charge is -2.29. The molecular weight excluding hydrogens is 222 g/mol. The van der Waals surface area contributed by atoms with Gasteiger partial charge in [0.05, 0.1) is 26.4 Å². The van der Waals surface area contributed by atoms with E-state index in [0.717, 1.165) is 13.0 Å². The molecule has 0 saturated carbocycles. The molecule has 102 valence electrons. The fourth-order valence-electron chi connectivity index (χ4n) is 1.40. The van der Waals surface area contributed by atoms with Crippen LogP contribution in [0, 0.1) is 0 Å². The molecule has 0 heterocycles. The molecule has 2 unspecified atom stereocenters. The number of nitrogens with one attached hydrogen (secondary N) is 1. The molecular formula is C12H25NO4.